The molecule has 1 aliphatic rings. The molecule has 0 fully saturated rings. The highest BCUT2D eigenvalue weighted by atomic mass is 32.2. The van der Waals surface area contributed by atoms with E-state index in [1.807, 2.05) is 20.8 Å². The normalized spacial score (nSPS) is 15.5. The Bertz CT molecular complexity index is 732. The molecule has 0 radical (unpaired) electrons. The number of nitrogens with zero attached hydrogens (tertiary/aromatic N) is 1. The van der Waals surface area contributed by atoms with Crippen molar-refractivity contribution in [3.63, 3.8) is 0 Å². The number of hydrogen-bond donors (Lipinski definition) is 0. The topological polar surface area (TPSA) is 82.0 Å². The van der Waals surface area contributed by atoms with E-state index in [0.29, 0.717) is 31.4 Å². The van der Waals surface area contributed by atoms with Crippen LogP contribution in [0.15, 0.2) is 33.6 Å². The lowest BCUT2D eigenvalue weighted by Crippen LogP contribution is -2.23. The molecule has 1 aromatic rings. The van der Waals surface area contributed by atoms with Crippen molar-refractivity contribution >= 4 is 21.9 Å². The fraction of sp³-hybridized carbons (Fsp3) is 0.529. The number of rotatable bonds is 6. The van der Waals surface area contributed by atoms with E-state index < -0.39 is 15.6 Å². The quantitative estimate of drug-likeness (QED) is 0.580. The van der Waals surface area contributed by atoms with Gasteiger partial charge in [0, 0.05) is 6.42 Å². The van der Waals surface area contributed by atoms with Gasteiger partial charge in [0.1, 0.15) is 10.5 Å². The van der Waals surface area contributed by atoms with Gasteiger partial charge >= 0.3 is 5.97 Å². The summed E-state index contributed by atoms with van der Waals surface area (Å²) in [6.07, 6.45) is 2.58. The van der Waals surface area contributed by atoms with Gasteiger partial charge in [-0.1, -0.05) is 12.1 Å². The van der Waals surface area contributed by atoms with Gasteiger partial charge in [0.25, 0.3) is 10.0 Å². The van der Waals surface area contributed by atoms with Crippen LogP contribution in [0.5, 0.6) is 0 Å². The number of carbonyl (C=O) groups is 1. The Balaban J connectivity index is 1.72. The van der Waals surface area contributed by atoms with Gasteiger partial charge in [-0.05, 0) is 52.2 Å². The Labute approximate surface area is 142 Å². The second-order valence-electron chi connectivity index (χ2n) is 6.61. The lowest BCUT2D eigenvalue weighted by Gasteiger charge is -2.19. The fourth-order valence-electron chi connectivity index (χ4n) is 2.29. The molecule has 2 rings (SSSR count). The van der Waals surface area contributed by atoms with Gasteiger partial charge in [-0.2, -0.15) is 8.42 Å². The monoisotopic (exact) mass is 353 g/mol. The van der Waals surface area contributed by atoms with Gasteiger partial charge < -0.3 is 9.47 Å². The van der Waals surface area contributed by atoms with Gasteiger partial charge in [-0.3, -0.25) is 4.79 Å². The van der Waals surface area contributed by atoms with Gasteiger partial charge in [-0.25, -0.2) is 0 Å². The average molecular weight is 353 g/mol. The van der Waals surface area contributed by atoms with Crippen molar-refractivity contribution in [1.82, 2.24) is 0 Å². The number of esters is 1. The van der Waals surface area contributed by atoms with Crippen molar-refractivity contribution < 1.29 is 22.7 Å². The van der Waals surface area contributed by atoms with Gasteiger partial charge in [0.15, 0.2) is 0 Å². The molecule has 0 aromatic heterocycles. The van der Waals surface area contributed by atoms with Crippen molar-refractivity contribution in [2.24, 2.45) is 4.40 Å². The summed E-state index contributed by atoms with van der Waals surface area (Å²) in [7, 11) is -3.63. The number of ether oxygens (including phenoxy) is 2. The standard InChI is InChI=1S/C17H23NO5S/c1-17(2,3)23-15(19)11-5-4-8-12-22-16-13-9-6-7-10-14(13)24(20,21)18-16/h6-7,9-10H,4-5,8,11-12H2,1-3H3. The largest absolute Gasteiger partial charge is 0.477 e. The van der Waals surface area contributed by atoms with Gasteiger partial charge in [0.05, 0.1) is 12.2 Å². The lowest BCUT2D eigenvalue weighted by atomic mass is 10.1. The van der Waals surface area contributed by atoms with Crippen LogP contribution in [-0.2, 0) is 24.3 Å². The minimum atomic E-state index is -3.63. The molecule has 1 aliphatic heterocycles. The van der Waals surface area contributed by atoms with Crippen molar-refractivity contribution in [2.45, 2.75) is 57.0 Å². The first-order valence-electron chi connectivity index (χ1n) is 7.98. The van der Waals surface area contributed by atoms with Crippen LogP contribution >= 0.6 is 0 Å². The molecule has 132 valence electrons. The molecule has 1 aromatic carbocycles. The smallest absolute Gasteiger partial charge is 0.306 e. The number of sulfonamides is 1. The summed E-state index contributed by atoms with van der Waals surface area (Å²) >= 11 is 0. The second kappa shape index (κ2) is 7.34. The zero-order valence-electron chi connectivity index (χ0n) is 14.2. The second-order valence-corrected chi connectivity index (χ2v) is 8.19. The number of carbonyl (C=O) groups excluding carboxylic acids is 1. The van der Waals surface area contributed by atoms with Crippen LogP contribution in [0.2, 0.25) is 0 Å². The van der Waals surface area contributed by atoms with Crippen LogP contribution < -0.4 is 0 Å². The lowest BCUT2D eigenvalue weighted by molar-refractivity contribution is -0.154. The predicted octanol–water partition coefficient (Wildman–Crippen LogP) is 3.05. The minimum Gasteiger partial charge on any atom is -0.477 e. The molecule has 6 nitrogen and oxygen atoms in total. The van der Waals surface area contributed by atoms with Crippen molar-refractivity contribution in [3.8, 4) is 0 Å². The highest BCUT2D eigenvalue weighted by Gasteiger charge is 2.29. The summed E-state index contributed by atoms with van der Waals surface area (Å²) in [6.45, 7) is 5.88. The molecule has 0 saturated carbocycles. The van der Waals surface area contributed by atoms with E-state index in [4.69, 9.17) is 9.47 Å². The Morgan fingerprint density at radius 3 is 2.54 bits per heavy atom. The van der Waals surface area contributed by atoms with Crippen LogP contribution in [0, 0.1) is 0 Å². The third kappa shape index (κ3) is 5.06. The Morgan fingerprint density at radius 1 is 1.12 bits per heavy atom. The predicted molar refractivity (Wildman–Crippen MR) is 90.4 cm³/mol. The fourth-order valence-corrected chi connectivity index (χ4v) is 3.44. The molecule has 0 saturated heterocycles. The minimum absolute atomic E-state index is 0.151. The molecule has 0 spiro atoms. The van der Waals surface area contributed by atoms with Crippen LogP contribution in [0.1, 0.15) is 52.0 Å². The Kier molecular flexibility index (Phi) is 5.64. The molecule has 0 N–H and O–H groups in total. The summed E-state index contributed by atoms with van der Waals surface area (Å²) in [4.78, 5) is 11.8. The molecule has 0 aliphatic carbocycles. The van der Waals surface area contributed by atoms with E-state index in [0.717, 1.165) is 6.42 Å². The van der Waals surface area contributed by atoms with E-state index in [1.165, 1.54) is 6.07 Å². The van der Waals surface area contributed by atoms with E-state index in [1.54, 1.807) is 18.2 Å². The first-order valence-corrected chi connectivity index (χ1v) is 9.42. The summed E-state index contributed by atoms with van der Waals surface area (Å²) in [5.74, 6) is -0.0543. The molecule has 7 heteroatoms. The molecule has 0 bridgehead atoms. The highest BCUT2D eigenvalue weighted by Crippen LogP contribution is 2.26. The first kappa shape index (κ1) is 18.4. The molecule has 24 heavy (non-hydrogen) atoms. The van der Waals surface area contributed by atoms with Crippen LogP contribution in [0.4, 0.5) is 0 Å². The summed E-state index contributed by atoms with van der Waals surface area (Å²) in [5.41, 5.74) is 0.0472. The van der Waals surface area contributed by atoms with E-state index in [9.17, 15) is 13.2 Å². The van der Waals surface area contributed by atoms with E-state index >= 15 is 0 Å². The Hall–Kier alpha value is -1.89. The number of unbranched alkanes of at least 4 members (excludes halogenated alkanes) is 2. The maximum atomic E-state index is 11.9. The Morgan fingerprint density at radius 2 is 1.83 bits per heavy atom. The third-order valence-electron chi connectivity index (χ3n) is 3.28. The van der Waals surface area contributed by atoms with E-state index in [-0.39, 0.29) is 16.8 Å². The van der Waals surface area contributed by atoms with Crippen molar-refractivity contribution in [1.29, 1.82) is 0 Å². The third-order valence-corrected chi connectivity index (χ3v) is 4.60. The molecular formula is C17H23NO5S. The maximum Gasteiger partial charge on any atom is 0.306 e. The van der Waals surface area contributed by atoms with Crippen LogP contribution in [0.3, 0.4) is 0 Å². The summed E-state index contributed by atoms with van der Waals surface area (Å²) in [6, 6.07) is 6.61. The van der Waals surface area contributed by atoms with Crippen LogP contribution in [-0.4, -0.2) is 32.5 Å². The molecule has 0 unspecified atom stereocenters. The maximum absolute atomic E-state index is 11.9. The summed E-state index contributed by atoms with van der Waals surface area (Å²) in [5, 5.41) is 0. The molecule has 1 heterocycles. The van der Waals surface area contributed by atoms with Gasteiger partial charge in [0.2, 0.25) is 5.90 Å². The van der Waals surface area contributed by atoms with Crippen molar-refractivity contribution in [3.05, 3.63) is 29.8 Å². The zero-order valence-corrected chi connectivity index (χ0v) is 15.1. The molecule has 0 atom stereocenters. The zero-order chi connectivity index (χ0) is 17.8. The van der Waals surface area contributed by atoms with Crippen molar-refractivity contribution in [2.75, 3.05) is 6.61 Å². The SMILES string of the molecule is CC(C)(C)OC(=O)CCCCCOC1=NS(=O)(=O)c2ccccc21. The van der Waals surface area contributed by atoms with E-state index in [2.05, 4.69) is 4.40 Å². The first-order chi connectivity index (χ1) is 11.2. The number of benzene rings is 1. The van der Waals surface area contributed by atoms with Gasteiger partial charge in [-0.15, -0.1) is 4.40 Å². The average Bonchev–Trinajstić information content (AvgIpc) is 2.73. The van der Waals surface area contributed by atoms with Crippen LogP contribution in [0.25, 0.3) is 0 Å². The summed E-state index contributed by atoms with van der Waals surface area (Å²) < 4.78 is 38.1. The number of hydrogen-bond acceptors (Lipinski definition) is 5. The highest BCUT2D eigenvalue weighted by molar-refractivity contribution is 7.90. The molecule has 0 amide bonds. The molecular weight excluding hydrogens is 330 g/mol. The number of fused-ring (bicyclic) bond motifs is 1.